The molecule has 96 valence electrons. The fraction of sp³-hybridized carbons (Fsp3) is 0.625. The molecule has 1 rings (SSSR count). The van der Waals surface area contributed by atoms with Crippen molar-refractivity contribution in [2.24, 2.45) is 5.41 Å². The number of hydrogen-bond acceptors (Lipinski definition) is 1. The predicted octanol–water partition coefficient (Wildman–Crippen LogP) is 5.06. The van der Waals surface area contributed by atoms with Crippen LogP contribution in [0.15, 0.2) is 30.3 Å². The van der Waals surface area contributed by atoms with E-state index in [1.54, 1.807) is 0 Å². The van der Waals surface area contributed by atoms with Crippen molar-refractivity contribution in [2.45, 2.75) is 59.5 Å². The molecule has 0 amide bonds. The summed E-state index contributed by atoms with van der Waals surface area (Å²) in [5.74, 6) is 1.000. The Kier molecular flexibility index (Phi) is 5.54. The lowest BCUT2D eigenvalue weighted by Crippen LogP contribution is -2.19. The van der Waals surface area contributed by atoms with Crippen LogP contribution in [0.5, 0.6) is 5.75 Å². The van der Waals surface area contributed by atoms with E-state index in [0.717, 1.165) is 18.6 Å². The first kappa shape index (κ1) is 14.1. The third-order valence-electron chi connectivity index (χ3n) is 2.87. The van der Waals surface area contributed by atoms with Gasteiger partial charge in [0.1, 0.15) is 5.75 Å². The van der Waals surface area contributed by atoms with Crippen LogP contribution in [0.25, 0.3) is 0 Å². The molecule has 0 aromatic heterocycles. The summed E-state index contributed by atoms with van der Waals surface area (Å²) in [6, 6.07) is 10.2. The summed E-state index contributed by atoms with van der Waals surface area (Å²) < 4.78 is 6.05. The monoisotopic (exact) mass is 234 g/mol. The number of benzene rings is 1. The molecule has 0 bridgehead atoms. The Bertz CT molecular complexity index is 297. The number of ether oxygens (including phenoxy) is 1. The number of hydrogen-bond donors (Lipinski definition) is 0. The lowest BCUT2D eigenvalue weighted by atomic mass is 9.88. The van der Waals surface area contributed by atoms with E-state index in [1.807, 2.05) is 30.3 Å². The van der Waals surface area contributed by atoms with Crippen molar-refractivity contribution >= 4 is 0 Å². The zero-order valence-corrected chi connectivity index (χ0v) is 11.7. The van der Waals surface area contributed by atoms with Crippen LogP contribution in [-0.4, -0.2) is 6.10 Å². The van der Waals surface area contributed by atoms with E-state index in [0.29, 0.717) is 11.5 Å². The van der Waals surface area contributed by atoms with E-state index < -0.39 is 0 Å². The first-order valence-corrected chi connectivity index (χ1v) is 6.73. The van der Waals surface area contributed by atoms with Gasteiger partial charge in [0.2, 0.25) is 0 Å². The van der Waals surface area contributed by atoms with Crippen molar-refractivity contribution in [1.29, 1.82) is 0 Å². The van der Waals surface area contributed by atoms with Crippen LogP contribution < -0.4 is 4.74 Å². The Morgan fingerprint density at radius 3 is 2.24 bits per heavy atom. The Balaban J connectivity index is 2.49. The maximum atomic E-state index is 6.05. The van der Waals surface area contributed by atoms with Crippen LogP contribution in [0.3, 0.4) is 0 Å². The molecule has 0 aliphatic carbocycles. The van der Waals surface area contributed by atoms with Gasteiger partial charge in [-0.3, -0.25) is 0 Å². The third-order valence-corrected chi connectivity index (χ3v) is 2.87. The lowest BCUT2D eigenvalue weighted by molar-refractivity contribution is 0.159. The normalized spacial score (nSPS) is 13.4. The van der Waals surface area contributed by atoms with Crippen molar-refractivity contribution in [3.05, 3.63) is 30.3 Å². The molecule has 0 aliphatic heterocycles. The molecule has 0 radical (unpaired) electrons. The minimum atomic E-state index is 0.363. The van der Waals surface area contributed by atoms with Crippen LogP contribution in [0.2, 0.25) is 0 Å². The van der Waals surface area contributed by atoms with Crippen LogP contribution in [0, 0.1) is 5.41 Å². The second-order valence-corrected chi connectivity index (χ2v) is 5.94. The highest BCUT2D eigenvalue weighted by atomic mass is 16.5. The molecule has 1 heteroatoms. The Hall–Kier alpha value is -0.980. The van der Waals surface area contributed by atoms with Gasteiger partial charge in [0, 0.05) is 0 Å². The Morgan fingerprint density at radius 1 is 1.06 bits per heavy atom. The van der Waals surface area contributed by atoms with Crippen molar-refractivity contribution in [2.75, 3.05) is 0 Å². The van der Waals surface area contributed by atoms with Gasteiger partial charge in [0.15, 0.2) is 0 Å². The smallest absolute Gasteiger partial charge is 0.119 e. The molecule has 0 N–H and O–H groups in total. The molecular formula is C16H26O. The molecule has 0 saturated heterocycles. The number of para-hydroxylation sites is 1. The topological polar surface area (TPSA) is 9.23 Å². The summed E-state index contributed by atoms with van der Waals surface area (Å²) in [6.45, 7) is 9.09. The average molecular weight is 234 g/mol. The van der Waals surface area contributed by atoms with E-state index in [2.05, 4.69) is 27.7 Å². The predicted molar refractivity (Wildman–Crippen MR) is 74.5 cm³/mol. The highest BCUT2D eigenvalue weighted by Crippen LogP contribution is 2.25. The summed E-state index contributed by atoms with van der Waals surface area (Å²) in [7, 11) is 0. The molecule has 0 spiro atoms. The van der Waals surface area contributed by atoms with E-state index in [1.165, 1.54) is 12.8 Å². The van der Waals surface area contributed by atoms with Gasteiger partial charge in [0.25, 0.3) is 0 Å². The summed E-state index contributed by atoms with van der Waals surface area (Å²) in [4.78, 5) is 0. The molecule has 1 atom stereocenters. The minimum absolute atomic E-state index is 0.363. The van der Waals surface area contributed by atoms with E-state index in [4.69, 9.17) is 4.74 Å². The molecule has 17 heavy (non-hydrogen) atoms. The van der Waals surface area contributed by atoms with Gasteiger partial charge in [-0.1, -0.05) is 52.3 Å². The molecule has 1 nitrogen and oxygen atoms in total. The van der Waals surface area contributed by atoms with Crippen molar-refractivity contribution in [3.8, 4) is 5.75 Å². The second kappa shape index (κ2) is 6.68. The maximum absolute atomic E-state index is 6.05. The van der Waals surface area contributed by atoms with E-state index >= 15 is 0 Å². The molecule has 1 aromatic rings. The van der Waals surface area contributed by atoms with Gasteiger partial charge in [0.05, 0.1) is 6.10 Å². The largest absolute Gasteiger partial charge is 0.490 e. The van der Waals surface area contributed by atoms with Crippen LogP contribution in [-0.2, 0) is 0 Å². The highest BCUT2D eigenvalue weighted by molar-refractivity contribution is 5.21. The summed E-state index contributed by atoms with van der Waals surface area (Å²) in [5, 5.41) is 0. The first-order valence-electron chi connectivity index (χ1n) is 6.73. The SMILES string of the molecule is CCCC(CCC(C)(C)C)Oc1ccccc1. The molecular weight excluding hydrogens is 208 g/mol. The maximum Gasteiger partial charge on any atom is 0.119 e. The fourth-order valence-electron chi connectivity index (χ4n) is 1.87. The zero-order valence-electron chi connectivity index (χ0n) is 11.7. The van der Waals surface area contributed by atoms with E-state index in [-0.39, 0.29) is 0 Å². The molecule has 0 aliphatic rings. The van der Waals surface area contributed by atoms with Gasteiger partial charge in [-0.2, -0.15) is 0 Å². The van der Waals surface area contributed by atoms with Crippen molar-refractivity contribution in [1.82, 2.24) is 0 Å². The van der Waals surface area contributed by atoms with Gasteiger partial charge >= 0.3 is 0 Å². The fourth-order valence-corrected chi connectivity index (χ4v) is 1.87. The molecule has 1 unspecified atom stereocenters. The van der Waals surface area contributed by atoms with Gasteiger partial charge in [-0.15, -0.1) is 0 Å². The van der Waals surface area contributed by atoms with Crippen LogP contribution in [0.1, 0.15) is 53.4 Å². The minimum Gasteiger partial charge on any atom is -0.490 e. The Labute approximate surface area is 106 Å². The Morgan fingerprint density at radius 2 is 1.71 bits per heavy atom. The van der Waals surface area contributed by atoms with Crippen molar-refractivity contribution in [3.63, 3.8) is 0 Å². The summed E-state index contributed by atoms with van der Waals surface area (Å²) in [6.07, 6.45) is 5.05. The molecule has 0 saturated carbocycles. The number of rotatable bonds is 6. The lowest BCUT2D eigenvalue weighted by Gasteiger charge is -2.24. The van der Waals surface area contributed by atoms with Crippen LogP contribution in [0.4, 0.5) is 0 Å². The highest BCUT2D eigenvalue weighted by Gasteiger charge is 2.16. The molecule has 0 fully saturated rings. The average Bonchev–Trinajstić information content (AvgIpc) is 2.27. The molecule has 0 heterocycles. The van der Waals surface area contributed by atoms with Crippen LogP contribution >= 0.6 is 0 Å². The van der Waals surface area contributed by atoms with E-state index in [9.17, 15) is 0 Å². The van der Waals surface area contributed by atoms with Gasteiger partial charge in [-0.25, -0.2) is 0 Å². The first-order chi connectivity index (χ1) is 8.01. The molecule has 1 aromatic carbocycles. The second-order valence-electron chi connectivity index (χ2n) is 5.94. The van der Waals surface area contributed by atoms with Crippen molar-refractivity contribution < 1.29 is 4.74 Å². The summed E-state index contributed by atoms with van der Waals surface area (Å²) in [5.41, 5.74) is 0.395. The van der Waals surface area contributed by atoms with Gasteiger partial charge in [-0.05, 0) is 36.8 Å². The quantitative estimate of drug-likeness (QED) is 0.668. The summed E-state index contributed by atoms with van der Waals surface area (Å²) >= 11 is 0. The third kappa shape index (κ3) is 6.35. The zero-order chi connectivity index (χ0) is 12.7. The van der Waals surface area contributed by atoms with Gasteiger partial charge < -0.3 is 4.74 Å². The standard InChI is InChI=1S/C16H26O/c1-5-9-14(12-13-16(2,3)4)17-15-10-7-6-8-11-15/h6-8,10-11,14H,5,9,12-13H2,1-4H3.